The average molecular weight is 406 g/mol. The van der Waals surface area contributed by atoms with Crippen molar-refractivity contribution >= 4 is 23.7 Å². The van der Waals surface area contributed by atoms with Crippen LogP contribution in [0.4, 0.5) is 0 Å². The highest BCUT2D eigenvalue weighted by Crippen LogP contribution is 2.05. The SMILES string of the molecule is CC(C)CC(N)C(=O)NC(C)C(=O)NC(Cc1ccccc1)C(=O)NCC(=O)O. The maximum absolute atomic E-state index is 12.5. The van der Waals surface area contributed by atoms with E-state index in [9.17, 15) is 19.2 Å². The topological polar surface area (TPSA) is 151 Å². The molecule has 3 atom stereocenters. The highest BCUT2D eigenvalue weighted by atomic mass is 16.4. The van der Waals surface area contributed by atoms with Crippen LogP contribution < -0.4 is 21.7 Å². The van der Waals surface area contributed by atoms with Crippen LogP contribution in [-0.2, 0) is 25.6 Å². The van der Waals surface area contributed by atoms with E-state index >= 15 is 0 Å². The Morgan fingerprint density at radius 3 is 2.14 bits per heavy atom. The van der Waals surface area contributed by atoms with Crippen molar-refractivity contribution in [3.63, 3.8) is 0 Å². The Morgan fingerprint density at radius 2 is 1.59 bits per heavy atom. The number of hydrogen-bond acceptors (Lipinski definition) is 5. The fraction of sp³-hybridized carbons (Fsp3) is 0.500. The van der Waals surface area contributed by atoms with Crippen molar-refractivity contribution in [2.75, 3.05) is 6.54 Å². The van der Waals surface area contributed by atoms with Crippen LogP contribution in [0.15, 0.2) is 30.3 Å². The number of carboxylic acid groups (broad SMARTS) is 1. The zero-order chi connectivity index (χ0) is 22.0. The Hall–Kier alpha value is -2.94. The number of carbonyl (C=O) groups is 4. The van der Waals surface area contributed by atoms with Crippen LogP contribution in [0.1, 0.15) is 32.8 Å². The zero-order valence-corrected chi connectivity index (χ0v) is 17.0. The maximum atomic E-state index is 12.5. The summed E-state index contributed by atoms with van der Waals surface area (Å²) in [6.07, 6.45) is 0.653. The summed E-state index contributed by atoms with van der Waals surface area (Å²) >= 11 is 0. The lowest BCUT2D eigenvalue weighted by Crippen LogP contribution is -2.55. The summed E-state index contributed by atoms with van der Waals surface area (Å²) in [5, 5.41) is 16.1. The monoisotopic (exact) mass is 406 g/mol. The summed E-state index contributed by atoms with van der Waals surface area (Å²) in [5.74, 6) is -2.60. The van der Waals surface area contributed by atoms with Gasteiger partial charge in [-0.25, -0.2) is 0 Å². The molecule has 0 spiro atoms. The Bertz CT molecular complexity index is 708. The van der Waals surface area contributed by atoms with Gasteiger partial charge in [-0.15, -0.1) is 0 Å². The molecule has 9 nitrogen and oxygen atoms in total. The molecule has 0 aliphatic rings. The second-order valence-corrected chi connectivity index (χ2v) is 7.33. The second-order valence-electron chi connectivity index (χ2n) is 7.33. The first kappa shape index (κ1) is 24.1. The minimum Gasteiger partial charge on any atom is -0.480 e. The van der Waals surface area contributed by atoms with Crippen molar-refractivity contribution in [2.45, 2.75) is 51.7 Å². The van der Waals surface area contributed by atoms with E-state index in [1.165, 1.54) is 6.92 Å². The zero-order valence-electron chi connectivity index (χ0n) is 17.0. The number of nitrogens with one attached hydrogen (secondary N) is 3. The molecule has 9 heteroatoms. The summed E-state index contributed by atoms with van der Waals surface area (Å²) in [6, 6.07) is 6.35. The van der Waals surface area contributed by atoms with E-state index < -0.39 is 48.4 Å². The molecule has 0 aromatic heterocycles. The molecule has 0 radical (unpaired) electrons. The fourth-order valence-electron chi connectivity index (χ4n) is 2.64. The van der Waals surface area contributed by atoms with E-state index in [-0.39, 0.29) is 12.3 Å². The predicted octanol–water partition coefficient (Wildman–Crippen LogP) is -0.207. The third kappa shape index (κ3) is 9.20. The van der Waals surface area contributed by atoms with E-state index in [2.05, 4.69) is 16.0 Å². The molecule has 3 unspecified atom stereocenters. The van der Waals surface area contributed by atoms with Gasteiger partial charge in [0.1, 0.15) is 18.6 Å². The molecule has 6 N–H and O–H groups in total. The molecule has 29 heavy (non-hydrogen) atoms. The molecule has 0 saturated heterocycles. The van der Waals surface area contributed by atoms with Crippen molar-refractivity contribution < 1.29 is 24.3 Å². The van der Waals surface area contributed by atoms with E-state index in [4.69, 9.17) is 10.8 Å². The molecule has 0 saturated carbocycles. The molecule has 0 fully saturated rings. The minimum absolute atomic E-state index is 0.172. The summed E-state index contributed by atoms with van der Waals surface area (Å²) in [4.78, 5) is 47.7. The average Bonchev–Trinajstić information content (AvgIpc) is 2.65. The van der Waals surface area contributed by atoms with E-state index in [1.54, 1.807) is 24.3 Å². The van der Waals surface area contributed by atoms with Crippen LogP contribution in [0.2, 0.25) is 0 Å². The molecule has 0 aliphatic carbocycles. The van der Waals surface area contributed by atoms with Crippen molar-refractivity contribution in [2.24, 2.45) is 11.7 Å². The van der Waals surface area contributed by atoms with Gasteiger partial charge in [-0.3, -0.25) is 19.2 Å². The van der Waals surface area contributed by atoms with Gasteiger partial charge in [-0.1, -0.05) is 44.2 Å². The third-order valence-corrected chi connectivity index (χ3v) is 4.14. The van der Waals surface area contributed by atoms with Crippen LogP contribution in [0.3, 0.4) is 0 Å². The van der Waals surface area contributed by atoms with Gasteiger partial charge in [0.15, 0.2) is 0 Å². The number of nitrogens with two attached hydrogens (primary N) is 1. The van der Waals surface area contributed by atoms with Crippen LogP contribution in [-0.4, -0.2) is 53.5 Å². The molecule has 1 aromatic rings. The van der Waals surface area contributed by atoms with Crippen LogP contribution in [0.5, 0.6) is 0 Å². The standard InChI is InChI=1S/C20H30N4O5/c1-12(2)9-15(21)19(28)23-13(3)18(27)24-16(20(29)22-11-17(25)26)10-14-7-5-4-6-8-14/h4-8,12-13,15-16H,9-11,21H2,1-3H3,(H,22,29)(H,23,28)(H,24,27)(H,25,26). The van der Waals surface area contributed by atoms with E-state index in [0.29, 0.717) is 6.42 Å². The lowest BCUT2D eigenvalue weighted by Gasteiger charge is -2.22. The number of hydrogen-bond donors (Lipinski definition) is 5. The fourth-order valence-corrected chi connectivity index (χ4v) is 2.64. The number of rotatable bonds is 11. The lowest BCUT2D eigenvalue weighted by molar-refractivity contribution is -0.138. The van der Waals surface area contributed by atoms with Crippen molar-refractivity contribution in [1.29, 1.82) is 0 Å². The first-order valence-corrected chi connectivity index (χ1v) is 9.49. The Labute approximate surface area is 170 Å². The Balaban J connectivity index is 2.77. The lowest BCUT2D eigenvalue weighted by atomic mass is 10.0. The predicted molar refractivity (Wildman–Crippen MR) is 108 cm³/mol. The number of aliphatic carboxylic acids is 1. The van der Waals surface area contributed by atoms with E-state index in [1.807, 2.05) is 19.9 Å². The molecule has 0 aliphatic heterocycles. The summed E-state index contributed by atoms with van der Waals surface area (Å²) in [6.45, 7) is 4.81. The molecular weight excluding hydrogens is 376 g/mol. The summed E-state index contributed by atoms with van der Waals surface area (Å²) < 4.78 is 0. The quantitative estimate of drug-likeness (QED) is 0.343. The van der Waals surface area contributed by atoms with Crippen molar-refractivity contribution in [3.8, 4) is 0 Å². The smallest absolute Gasteiger partial charge is 0.322 e. The number of carbonyl (C=O) groups excluding carboxylic acids is 3. The van der Waals surface area contributed by atoms with Gasteiger partial charge in [0.05, 0.1) is 6.04 Å². The van der Waals surface area contributed by atoms with Gasteiger partial charge >= 0.3 is 5.97 Å². The number of carboxylic acids is 1. The second kappa shape index (κ2) is 11.8. The number of benzene rings is 1. The minimum atomic E-state index is -1.19. The molecule has 0 heterocycles. The molecular formula is C20H30N4O5. The summed E-state index contributed by atoms with van der Waals surface area (Å²) in [7, 11) is 0. The Kier molecular flexibility index (Phi) is 9.81. The third-order valence-electron chi connectivity index (χ3n) is 4.14. The largest absolute Gasteiger partial charge is 0.480 e. The van der Waals surface area contributed by atoms with Crippen molar-refractivity contribution in [1.82, 2.24) is 16.0 Å². The normalized spacial score (nSPS) is 13.8. The van der Waals surface area contributed by atoms with Crippen molar-refractivity contribution in [3.05, 3.63) is 35.9 Å². The Morgan fingerprint density at radius 1 is 0.966 bits per heavy atom. The first-order valence-electron chi connectivity index (χ1n) is 9.49. The molecule has 1 rings (SSSR count). The van der Waals surface area contributed by atoms with Gasteiger partial charge in [-0.2, -0.15) is 0 Å². The molecule has 1 aromatic carbocycles. The van der Waals surface area contributed by atoms with Crippen LogP contribution in [0, 0.1) is 5.92 Å². The molecule has 160 valence electrons. The maximum Gasteiger partial charge on any atom is 0.322 e. The van der Waals surface area contributed by atoms with Gasteiger partial charge in [0.2, 0.25) is 17.7 Å². The van der Waals surface area contributed by atoms with Gasteiger partial charge < -0.3 is 26.8 Å². The molecule has 3 amide bonds. The summed E-state index contributed by atoms with van der Waals surface area (Å²) in [5.41, 5.74) is 6.61. The highest BCUT2D eigenvalue weighted by molar-refractivity contribution is 5.93. The van der Waals surface area contributed by atoms with Gasteiger partial charge in [-0.05, 0) is 24.8 Å². The van der Waals surface area contributed by atoms with Gasteiger partial charge in [0.25, 0.3) is 0 Å². The first-order chi connectivity index (χ1) is 13.6. The highest BCUT2D eigenvalue weighted by Gasteiger charge is 2.26. The van der Waals surface area contributed by atoms with Crippen LogP contribution in [0.25, 0.3) is 0 Å². The number of amides is 3. The van der Waals surface area contributed by atoms with Crippen LogP contribution >= 0.6 is 0 Å². The van der Waals surface area contributed by atoms with Gasteiger partial charge in [0, 0.05) is 6.42 Å². The van der Waals surface area contributed by atoms with E-state index in [0.717, 1.165) is 5.56 Å². The molecule has 0 bridgehead atoms.